The van der Waals surface area contributed by atoms with Crippen LogP contribution >= 0.6 is 0 Å². The van der Waals surface area contributed by atoms with Gasteiger partial charge in [-0.05, 0) is 54.4 Å². The predicted molar refractivity (Wildman–Crippen MR) is 136 cm³/mol. The highest BCUT2D eigenvalue weighted by Gasteiger charge is 2.46. The van der Waals surface area contributed by atoms with E-state index in [4.69, 9.17) is 14.2 Å². The molecule has 3 aromatic rings. The number of carbonyl (C=O) groups is 2. The molecule has 186 valence electrons. The van der Waals surface area contributed by atoms with Gasteiger partial charge < -0.3 is 24.2 Å². The van der Waals surface area contributed by atoms with E-state index in [0.29, 0.717) is 29.2 Å². The largest absolute Gasteiger partial charge is 0.507 e. The zero-order valence-electron chi connectivity index (χ0n) is 20.6. The van der Waals surface area contributed by atoms with Gasteiger partial charge in [-0.15, -0.1) is 0 Å². The number of aliphatic hydroxyl groups is 1. The first-order valence-electron chi connectivity index (χ1n) is 11.6. The molecule has 0 aromatic heterocycles. The maximum absolute atomic E-state index is 13.1. The summed E-state index contributed by atoms with van der Waals surface area (Å²) in [5, 5.41) is 11.2. The molecule has 1 heterocycles. The highest BCUT2D eigenvalue weighted by Crippen LogP contribution is 2.40. The average Bonchev–Trinajstić information content (AvgIpc) is 3.16. The van der Waals surface area contributed by atoms with Crippen molar-refractivity contribution in [2.45, 2.75) is 19.6 Å². The van der Waals surface area contributed by atoms with Crippen LogP contribution in [0.5, 0.6) is 11.5 Å². The molecule has 1 unspecified atom stereocenters. The minimum Gasteiger partial charge on any atom is -0.507 e. The number of nitrogens with zero attached hydrogens (tertiary/aromatic N) is 1. The molecule has 4 rings (SSSR count). The molecule has 1 aliphatic rings. The number of ketones is 1. The number of aryl methyl sites for hydroxylation is 1. The van der Waals surface area contributed by atoms with Crippen LogP contribution in [0.2, 0.25) is 0 Å². The van der Waals surface area contributed by atoms with Gasteiger partial charge in [-0.2, -0.15) is 0 Å². The minimum atomic E-state index is -0.787. The summed E-state index contributed by atoms with van der Waals surface area (Å²) in [6.45, 7) is 2.84. The van der Waals surface area contributed by atoms with E-state index in [9.17, 15) is 14.7 Å². The second-order valence-electron chi connectivity index (χ2n) is 8.56. The number of aliphatic hydroxyl groups excluding tert-OH is 1. The van der Waals surface area contributed by atoms with Crippen LogP contribution in [0.15, 0.2) is 78.4 Å². The number of hydrogen-bond donors (Lipinski definition) is 1. The molecular formula is C29H29NO6. The highest BCUT2D eigenvalue weighted by atomic mass is 16.5. The Morgan fingerprint density at radius 3 is 2.33 bits per heavy atom. The van der Waals surface area contributed by atoms with Gasteiger partial charge in [0.1, 0.15) is 23.9 Å². The quantitative estimate of drug-likeness (QED) is 0.269. The summed E-state index contributed by atoms with van der Waals surface area (Å²) >= 11 is 0. The molecule has 0 aliphatic carbocycles. The van der Waals surface area contributed by atoms with Gasteiger partial charge in [0.15, 0.2) is 0 Å². The molecule has 0 radical (unpaired) electrons. The van der Waals surface area contributed by atoms with Gasteiger partial charge >= 0.3 is 0 Å². The zero-order chi connectivity index (χ0) is 25.7. The van der Waals surface area contributed by atoms with Crippen molar-refractivity contribution in [3.63, 3.8) is 0 Å². The Balaban J connectivity index is 1.71. The number of likely N-dealkylation sites (tertiary alicyclic amines) is 1. The molecule has 7 heteroatoms. The number of amides is 1. The van der Waals surface area contributed by atoms with Crippen LogP contribution in [0.3, 0.4) is 0 Å². The first-order chi connectivity index (χ1) is 17.4. The number of carbonyl (C=O) groups excluding carboxylic acids is 2. The first kappa shape index (κ1) is 25.0. The topological polar surface area (TPSA) is 85.3 Å². The second-order valence-corrected chi connectivity index (χ2v) is 8.56. The van der Waals surface area contributed by atoms with E-state index in [1.54, 1.807) is 37.4 Å². The lowest BCUT2D eigenvalue weighted by Gasteiger charge is -2.25. The number of rotatable bonds is 9. The molecule has 0 saturated carbocycles. The highest BCUT2D eigenvalue weighted by molar-refractivity contribution is 6.46. The zero-order valence-corrected chi connectivity index (χ0v) is 20.6. The van der Waals surface area contributed by atoms with Gasteiger partial charge in [0.25, 0.3) is 11.7 Å². The molecule has 1 fully saturated rings. The Bertz CT molecular complexity index is 1260. The Labute approximate surface area is 210 Å². The van der Waals surface area contributed by atoms with Crippen LogP contribution in [0.4, 0.5) is 0 Å². The van der Waals surface area contributed by atoms with Crippen molar-refractivity contribution in [2.24, 2.45) is 0 Å². The lowest BCUT2D eigenvalue weighted by molar-refractivity contribution is -0.140. The number of ether oxygens (including phenoxy) is 3. The predicted octanol–water partition coefficient (Wildman–Crippen LogP) is 4.65. The van der Waals surface area contributed by atoms with Gasteiger partial charge in [-0.25, -0.2) is 0 Å². The Kier molecular flexibility index (Phi) is 7.71. The molecular weight excluding hydrogens is 458 g/mol. The van der Waals surface area contributed by atoms with Crippen molar-refractivity contribution in [2.75, 3.05) is 27.4 Å². The Morgan fingerprint density at radius 2 is 1.67 bits per heavy atom. The standard InChI is InChI=1S/C29H29NO6/c1-19-7-9-20(10-8-19)18-36-24-6-4-5-22(17-24)26-25(28(32)29(33)30(26)15-16-34-2)27(31)21-11-13-23(35-3)14-12-21/h4-14,17,26,31H,15-16,18H2,1-3H3/b27-25-. The fraction of sp³-hybridized carbons (Fsp3) is 0.241. The van der Waals surface area contributed by atoms with E-state index in [-0.39, 0.29) is 24.5 Å². The second kappa shape index (κ2) is 11.1. The fourth-order valence-corrected chi connectivity index (χ4v) is 4.18. The average molecular weight is 488 g/mol. The SMILES string of the molecule is COCCN1C(=O)C(=O)/C(=C(\O)c2ccc(OC)cc2)C1c1cccc(OCc2ccc(C)cc2)c1. The van der Waals surface area contributed by atoms with E-state index in [2.05, 4.69) is 0 Å². The van der Waals surface area contributed by atoms with Crippen LogP contribution in [0, 0.1) is 6.92 Å². The summed E-state index contributed by atoms with van der Waals surface area (Å²) in [6.07, 6.45) is 0. The number of Topliss-reactive ketones (excluding diaryl/α,β-unsaturated/α-hetero) is 1. The van der Waals surface area contributed by atoms with Gasteiger partial charge in [0, 0.05) is 19.2 Å². The van der Waals surface area contributed by atoms with Crippen LogP contribution < -0.4 is 9.47 Å². The lowest BCUT2D eigenvalue weighted by atomic mass is 9.95. The third kappa shape index (κ3) is 5.26. The van der Waals surface area contributed by atoms with E-state index >= 15 is 0 Å². The molecule has 0 spiro atoms. The van der Waals surface area contributed by atoms with E-state index < -0.39 is 17.7 Å². The molecule has 1 saturated heterocycles. The summed E-state index contributed by atoms with van der Waals surface area (Å²) in [6, 6.07) is 21.2. The van der Waals surface area contributed by atoms with Crippen LogP contribution in [-0.2, 0) is 20.9 Å². The Hall–Kier alpha value is -4.10. The maximum atomic E-state index is 13.1. The van der Waals surface area contributed by atoms with Crippen LogP contribution in [0.25, 0.3) is 5.76 Å². The van der Waals surface area contributed by atoms with Crippen LogP contribution in [-0.4, -0.2) is 49.1 Å². The van der Waals surface area contributed by atoms with Crippen LogP contribution in [0.1, 0.15) is 28.3 Å². The van der Waals surface area contributed by atoms with Crippen molar-refractivity contribution in [1.29, 1.82) is 0 Å². The van der Waals surface area contributed by atoms with Crippen molar-refractivity contribution in [1.82, 2.24) is 4.90 Å². The van der Waals surface area contributed by atoms with Gasteiger partial charge in [-0.1, -0.05) is 42.0 Å². The molecule has 1 atom stereocenters. The maximum Gasteiger partial charge on any atom is 0.295 e. The minimum absolute atomic E-state index is 0.0250. The van der Waals surface area contributed by atoms with E-state index in [1.165, 1.54) is 17.6 Å². The summed E-state index contributed by atoms with van der Waals surface area (Å²) in [5.41, 5.74) is 3.29. The first-order valence-corrected chi connectivity index (χ1v) is 11.6. The summed E-state index contributed by atoms with van der Waals surface area (Å²) in [4.78, 5) is 27.5. The number of methoxy groups -OCH3 is 2. The summed E-state index contributed by atoms with van der Waals surface area (Å²) in [5.74, 6) is -0.461. The molecule has 36 heavy (non-hydrogen) atoms. The smallest absolute Gasteiger partial charge is 0.295 e. The summed E-state index contributed by atoms with van der Waals surface area (Å²) < 4.78 is 16.4. The van der Waals surface area contributed by atoms with Crippen molar-refractivity contribution < 1.29 is 28.9 Å². The third-order valence-electron chi connectivity index (χ3n) is 6.14. The molecule has 1 N–H and O–H groups in total. The number of benzene rings is 3. The summed E-state index contributed by atoms with van der Waals surface area (Å²) in [7, 11) is 3.08. The molecule has 1 aliphatic heterocycles. The van der Waals surface area contributed by atoms with Gasteiger partial charge in [0.2, 0.25) is 0 Å². The van der Waals surface area contributed by atoms with Crippen molar-refractivity contribution in [3.8, 4) is 11.5 Å². The van der Waals surface area contributed by atoms with Gasteiger partial charge in [-0.3, -0.25) is 9.59 Å². The van der Waals surface area contributed by atoms with E-state index in [1.807, 2.05) is 49.4 Å². The van der Waals surface area contributed by atoms with Crippen molar-refractivity contribution in [3.05, 3.63) is 101 Å². The molecule has 1 amide bonds. The lowest BCUT2D eigenvalue weighted by Crippen LogP contribution is -2.32. The molecule has 7 nitrogen and oxygen atoms in total. The fourth-order valence-electron chi connectivity index (χ4n) is 4.18. The Morgan fingerprint density at radius 1 is 0.944 bits per heavy atom. The van der Waals surface area contributed by atoms with E-state index in [0.717, 1.165) is 5.56 Å². The van der Waals surface area contributed by atoms with Crippen molar-refractivity contribution >= 4 is 17.4 Å². The molecule has 3 aromatic carbocycles. The normalized spacial score (nSPS) is 16.9. The van der Waals surface area contributed by atoms with Gasteiger partial charge in [0.05, 0.1) is 25.3 Å². The molecule has 0 bridgehead atoms. The number of hydrogen-bond acceptors (Lipinski definition) is 6. The third-order valence-corrected chi connectivity index (χ3v) is 6.14. The monoisotopic (exact) mass is 487 g/mol.